The van der Waals surface area contributed by atoms with Gasteiger partial charge >= 0.3 is 0 Å². The summed E-state index contributed by atoms with van der Waals surface area (Å²) in [6.45, 7) is 4.01. The van der Waals surface area contributed by atoms with Crippen molar-refractivity contribution in [3.05, 3.63) is 51.7 Å². The summed E-state index contributed by atoms with van der Waals surface area (Å²) in [5.74, 6) is -0.990. The van der Waals surface area contributed by atoms with Crippen LogP contribution >= 0.6 is 11.3 Å². The Morgan fingerprint density at radius 3 is 2.69 bits per heavy atom. The average Bonchev–Trinajstić information content (AvgIpc) is 3.24. The molecule has 6 nitrogen and oxygen atoms in total. The van der Waals surface area contributed by atoms with Gasteiger partial charge in [-0.2, -0.15) is 0 Å². The van der Waals surface area contributed by atoms with E-state index < -0.39 is 27.9 Å². The molecule has 1 saturated heterocycles. The van der Waals surface area contributed by atoms with E-state index in [2.05, 4.69) is 5.32 Å². The molecule has 1 aliphatic rings. The average molecular weight is 393 g/mol. The van der Waals surface area contributed by atoms with Crippen LogP contribution in [-0.2, 0) is 26.2 Å². The quantitative estimate of drug-likeness (QED) is 0.847. The number of benzene rings is 1. The third kappa shape index (κ3) is 3.52. The predicted molar refractivity (Wildman–Crippen MR) is 99.1 cm³/mol. The second kappa shape index (κ2) is 7.20. The van der Waals surface area contributed by atoms with Crippen molar-refractivity contribution < 1.29 is 18.0 Å². The molecule has 1 atom stereocenters. The molecule has 8 heteroatoms. The molecule has 0 aliphatic carbocycles. The highest BCUT2D eigenvalue weighted by Crippen LogP contribution is 2.28. The molecule has 1 fully saturated rings. The normalized spacial score (nSPS) is 17.5. The predicted octanol–water partition coefficient (Wildman–Crippen LogP) is 2.36. The lowest BCUT2D eigenvalue weighted by atomic mass is 10.1. The zero-order chi connectivity index (χ0) is 18.9. The van der Waals surface area contributed by atoms with Gasteiger partial charge < -0.3 is 5.32 Å². The molecule has 0 spiro atoms. The lowest BCUT2D eigenvalue weighted by Crippen LogP contribution is -2.47. The van der Waals surface area contributed by atoms with Gasteiger partial charge in [0.15, 0.2) is 0 Å². The number of amides is 2. The number of nitrogens with one attached hydrogen (secondary N) is 1. The minimum absolute atomic E-state index is 0.0342. The van der Waals surface area contributed by atoms with Gasteiger partial charge in [-0.15, -0.1) is 11.3 Å². The van der Waals surface area contributed by atoms with Crippen LogP contribution in [0.5, 0.6) is 0 Å². The number of hydrogen-bond acceptors (Lipinski definition) is 5. The Bertz CT molecular complexity index is 936. The molecule has 0 bridgehead atoms. The molecule has 1 aromatic heterocycles. The van der Waals surface area contributed by atoms with E-state index >= 15 is 0 Å². The second-order valence-electron chi connectivity index (χ2n) is 6.29. The molecule has 2 aromatic rings. The second-order valence-corrected chi connectivity index (χ2v) is 9.14. The van der Waals surface area contributed by atoms with Crippen LogP contribution in [0.15, 0.2) is 40.6 Å². The molecule has 138 valence electrons. The lowest BCUT2D eigenvalue weighted by Gasteiger charge is -2.24. The summed E-state index contributed by atoms with van der Waals surface area (Å²) >= 11 is 1.50. The van der Waals surface area contributed by atoms with E-state index in [-0.39, 0.29) is 17.7 Å². The van der Waals surface area contributed by atoms with Gasteiger partial charge in [-0.25, -0.2) is 12.7 Å². The zero-order valence-electron chi connectivity index (χ0n) is 14.6. The van der Waals surface area contributed by atoms with E-state index in [1.54, 1.807) is 6.07 Å². The maximum atomic E-state index is 13.0. The van der Waals surface area contributed by atoms with E-state index in [9.17, 15) is 18.0 Å². The number of nitrogens with zero attached hydrogens (tertiary/aromatic N) is 1. The fourth-order valence-electron chi connectivity index (χ4n) is 2.89. The van der Waals surface area contributed by atoms with E-state index in [0.717, 1.165) is 20.3 Å². The smallest absolute Gasteiger partial charge is 0.267 e. The number of carbonyl (C=O) groups is 2. The summed E-state index contributed by atoms with van der Waals surface area (Å²) in [6, 6.07) is 7.47. The summed E-state index contributed by atoms with van der Waals surface area (Å²) < 4.78 is 26.7. The van der Waals surface area contributed by atoms with Gasteiger partial charge in [-0.05, 0) is 55.0 Å². The van der Waals surface area contributed by atoms with Crippen LogP contribution in [0.3, 0.4) is 0 Å². The third-order valence-corrected chi connectivity index (χ3v) is 7.22. The molecule has 1 aliphatic heterocycles. The summed E-state index contributed by atoms with van der Waals surface area (Å²) in [5, 5.41) is 4.63. The molecule has 1 unspecified atom stereocenters. The van der Waals surface area contributed by atoms with Gasteiger partial charge in [0.1, 0.15) is 6.04 Å². The Balaban J connectivity index is 1.84. The molecule has 0 radical (unpaired) electrons. The number of hydrogen-bond donors (Lipinski definition) is 1. The topological polar surface area (TPSA) is 83.6 Å². The Hall–Kier alpha value is -2.19. The van der Waals surface area contributed by atoms with Crippen molar-refractivity contribution >= 4 is 33.2 Å². The maximum Gasteiger partial charge on any atom is 0.267 e. The molecule has 2 heterocycles. The summed E-state index contributed by atoms with van der Waals surface area (Å²) in [4.78, 5) is 25.8. The molecule has 2 amide bonds. The van der Waals surface area contributed by atoms with Crippen LogP contribution in [0.2, 0.25) is 0 Å². The monoisotopic (exact) mass is 392 g/mol. The highest BCUT2D eigenvalue weighted by atomic mass is 32.2. The summed E-state index contributed by atoms with van der Waals surface area (Å²) in [6.07, 6.45) is 0.236. The van der Waals surface area contributed by atoms with Gasteiger partial charge in [-0.3, -0.25) is 9.59 Å². The number of thiophene rings is 1. The molecule has 3 rings (SSSR count). The van der Waals surface area contributed by atoms with Crippen LogP contribution in [0.4, 0.5) is 0 Å². The van der Waals surface area contributed by atoms with E-state index in [0.29, 0.717) is 6.54 Å². The first-order valence-corrected chi connectivity index (χ1v) is 10.6. The fourth-order valence-corrected chi connectivity index (χ4v) is 5.23. The Kier molecular flexibility index (Phi) is 5.15. The fraction of sp³-hybridized carbons (Fsp3) is 0.333. The SMILES string of the molecule is Cc1ccc(S(=O)(=O)N2C(=O)CCC2C(=O)NCc2cccs2)cc1C. The molecule has 1 aromatic carbocycles. The molecular formula is C18H20N2O4S2. The van der Waals surface area contributed by atoms with Crippen molar-refractivity contribution in [3.63, 3.8) is 0 Å². The highest BCUT2D eigenvalue weighted by Gasteiger charge is 2.44. The Morgan fingerprint density at radius 2 is 2.04 bits per heavy atom. The largest absolute Gasteiger partial charge is 0.349 e. The van der Waals surface area contributed by atoms with Gasteiger partial charge in [0.25, 0.3) is 10.0 Å². The van der Waals surface area contributed by atoms with E-state index in [4.69, 9.17) is 0 Å². The first-order valence-electron chi connectivity index (χ1n) is 8.25. The van der Waals surface area contributed by atoms with Crippen LogP contribution in [0.25, 0.3) is 0 Å². The number of rotatable bonds is 5. The van der Waals surface area contributed by atoms with Gasteiger partial charge in [0, 0.05) is 11.3 Å². The van der Waals surface area contributed by atoms with Gasteiger partial charge in [0.05, 0.1) is 11.4 Å². The standard InChI is InChI=1S/C18H20N2O4S2/c1-12-5-6-15(10-13(12)2)26(23,24)20-16(7-8-17(20)21)18(22)19-11-14-4-3-9-25-14/h3-6,9-10,16H,7-8,11H2,1-2H3,(H,19,22). The van der Waals surface area contributed by atoms with Gasteiger partial charge in [0.2, 0.25) is 11.8 Å². The lowest BCUT2D eigenvalue weighted by molar-refractivity contribution is -0.130. The summed E-state index contributed by atoms with van der Waals surface area (Å²) in [5.41, 5.74) is 1.78. The van der Waals surface area contributed by atoms with Crippen molar-refractivity contribution in [1.29, 1.82) is 0 Å². The van der Waals surface area contributed by atoms with Crippen molar-refractivity contribution in [3.8, 4) is 0 Å². The minimum atomic E-state index is -4.07. The number of sulfonamides is 1. The Labute approximate surface area is 156 Å². The minimum Gasteiger partial charge on any atom is -0.349 e. The molecule has 0 saturated carbocycles. The third-order valence-electron chi connectivity index (χ3n) is 4.52. The number of carbonyl (C=O) groups excluding carboxylic acids is 2. The first kappa shape index (κ1) is 18.6. The first-order chi connectivity index (χ1) is 12.3. The van der Waals surface area contributed by atoms with Crippen LogP contribution < -0.4 is 5.32 Å². The van der Waals surface area contributed by atoms with Crippen molar-refractivity contribution in [2.75, 3.05) is 0 Å². The highest BCUT2D eigenvalue weighted by molar-refractivity contribution is 7.89. The van der Waals surface area contributed by atoms with Crippen molar-refractivity contribution in [2.24, 2.45) is 0 Å². The molecule has 26 heavy (non-hydrogen) atoms. The van der Waals surface area contributed by atoms with Gasteiger partial charge in [-0.1, -0.05) is 12.1 Å². The zero-order valence-corrected chi connectivity index (χ0v) is 16.2. The summed E-state index contributed by atoms with van der Waals surface area (Å²) in [7, 11) is -4.07. The molecular weight excluding hydrogens is 372 g/mol. The van der Waals surface area contributed by atoms with Crippen molar-refractivity contribution in [2.45, 2.75) is 44.2 Å². The van der Waals surface area contributed by atoms with E-state index in [1.807, 2.05) is 31.4 Å². The van der Waals surface area contributed by atoms with Crippen LogP contribution in [-0.4, -0.2) is 30.6 Å². The van der Waals surface area contributed by atoms with E-state index in [1.165, 1.54) is 23.5 Å². The number of aryl methyl sites for hydroxylation is 2. The van der Waals surface area contributed by atoms with Crippen LogP contribution in [0, 0.1) is 13.8 Å². The van der Waals surface area contributed by atoms with Crippen molar-refractivity contribution in [1.82, 2.24) is 9.62 Å². The maximum absolute atomic E-state index is 13.0. The molecule has 1 N–H and O–H groups in total. The Morgan fingerprint density at radius 1 is 1.27 bits per heavy atom. The van der Waals surface area contributed by atoms with Crippen LogP contribution in [0.1, 0.15) is 28.8 Å².